The summed E-state index contributed by atoms with van der Waals surface area (Å²) in [6, 6.07) is 0.419. The Morgan fingerprint density at radius 3 is 2.94 bits per heavy atom. The van der Waals surface area contributed by atoms with E-state index in [1.807, 2.05) is 12.4 Å². The van der Waals surface area contributed by atoms with Gasteiger partial charge in [-0.2, -0.15) is 0 Å². The van der Waals surface area contributed by atoms with Gasteiger partial charge in [-0.15, -0.1) is 0 Å². The second kappa shape index (κ2) is 5.48. The van der Waals surface area contributed by atoms with Crippen LogP contribution in [-0.4, -0.2) is 15.6 Å². The van der Waals surface area contributed by atoms with Gasteiger partial charge in [0.15, 0.2) is 0 Å². The molecule has 1 heterocycles. The minimum absolute atomic E-state index is 0.419. The molecule has 2 unspecified atom stereocenters. The van der Waals surface area contributed by atoms with Crippen molar-refractivity contribution >= 4 is 0 Å². The summed E-state index contributed by atoms with van der Waals surface area (Å²) < 4.78 is 2.11. The molecule has 0 radical (unpaired) electrons. The average Bonchev–Trinajstić information content (AvgIpc) is 2.56. The topological polar surface area (TPSA) is 43.8 Å². The Balaban J connectivity index is 1.86. The van der Waals surface area contributed by atoms with Crippen LogP contribution >= 0.6 is 0 Å². The summed E-state index contributed by atoms with van der Waals surface area (Å²) >= 11 is 0. The smallest absolute Gasteiger partial charge is 0.108 e. The first-order chi connectivity index (χ1) is 7.77. The molecule has 1 aliphatic rings. The lowest BCUT2D eigenvalue weighted by molar-refractivity contribution is 0.369. The summed E-state index contributed by atoms with van der Waals surface area (Å²) in [5, 5.41) is 0. The molecule has 1 aromatic rings. The van der Waals surface area contributed by atoms with Gasteiger partial charge in [-0.05, 0) is 25.2 Å². The molecule has 2 N–H and O–H groups in total. The van der Waals surface area contributed by atoms with Crippen LogP contribution in [0.4, 0.5) is 0 Å². The predicted octanol–water partition coefficient (Wildman–Crippen LogP) is 2.26. The Hall–Kier alpha value is -0.830. The lowest BCUT2D eigenvalue weighted by atomic mass is 9.91. The summed E-state index contributed by atoms with van der Waals surface area (Å²) in [4.78, 5) is 4.37. The fourth-order valence-corrected chi connectivity index (χ4v) is 2.72. The highest BCUT2D eigenvalue weighted by Crippen LogP contribution is 2.25. The van der Waals surface area contributed by atoms with Crippen LogP contribution in [0.5, 0.6) is 0 Å². The predicted molar refractivity (Wildman–Crippen MR) is 66.1 cm³/mol. The molecule has 90 valence electrons. The standard InChI is InChI=1S/C13H23N3/c1-16-10-9-15-13(16)8-7-11-5-3-2-4-6-12(11)14/h9-12H,2-8,14H2,1H3. The van der Waals surface area contributed by atoms with Crippen molar-refractivity contribution in [2.75, 3.05) is 0 Å². The summed E-state index contributed by atoms with van der Waals surface area (Å²) in [5.74, 6) is 1.90. The first kappa shape index (κ1) is 11.6. The van der Waals surface area contributed by atoms with Gasteiger partial charge in [0, 0.05) is 31.9 Å². The van der Waals surface area contributed by atoms with Crippen molar-refractivity contribution < 1.29 is 0 Å². The first-order valence-electron chi connectivity index (χ1n) is 6.49. The van der Waals surface area contributed by atoms with E-state index in [4.69, 9.17) is 5.73 Å². The molecule has 2 rings (SSSR count). The van der Waals surface area contributed by atoms with Crippen molar-refractivity contribution in [3.8, 4) is 0 Å². The van der Waals surface area contributed by atoms with E-state index >= 15 is 0 Å². The highest BCUT2D eigenvalue weighted by atomic mass is 15.0. The minimum atomic E-state index is 0.419. The van der Waals surface area contributed by atoms with Crippen molar-refractivity contribution in [2.24, 2.45) is 18.7 Å². The quantitative estimate of drug-likeness (QED) is 0.796. The van der Waals surface area contributed by atoms with E-state index in [1.165, 1.54) is 44.3 Å². The van der Waals surface area contributed by atoms with Gasteiger partial charge in [-0.25, -0.2) is 4.98 Å². The lowest BCUT2D eigenvalue weighted by Gasteiger charge is -2.20. The second-order valence-electron chi connectivity index (χ2n) is 5.05. The lowest BCUT2D eigenvalue weighted by Crippen LogP contribution is -2.29. The van der Waals surface area contributed by atoms with Gasteiger partial charge < -0.3 is 10.3 Å². The van der Waals surface area contributed by atoms with E-state index in [0.29, 0.717) is 12.0 Å². The number of rotatable bonds is 3. The highest BCUT2D eigenvalue weighted by molar-refractivity contribution is 4.92. The largest absolute Gasteiger partial charge is 0.338 e. The molecule has 1 fully saturated rings. The van der Waals surface area contributed by atoms with Crippen LogP contribution in [0.3, 0.4) is 0 Å². The highest BCUT2D eigenvalue weighted by Gasteiger charge is 2.20. The zero-order valence-electron chi connectivity index (χ0n) is 10.2. The van der Waals surface area contributed by atoms with Gasteiger partial charge in [-0.1, -0.05) is 19.3 Å². The molecule has 3 nitrogen and oxygen atoms in total. The Labute approximate surface area is 98.1 Å². The molecule has 0 spiro atoms. The molecule has 0 bridgehead atoms. The van der Waals surface area contributed by atoms with Gasteiger partial charge in [0.05, 0.1) is 0 Å². The van der Waals surface area contributed by atoms with Crippen LogP contribution < -0.4 is 5.73 Å². The van der Waals surface area contributed by atoms with Gasteiger partial charge >= 0.3 is 0 Å². The molecule has 1 aliphatic carbocycles. The van der Waals surface area contributed by atoms with Crippen molar-refractivity contribution in [1.29, 1.82) is 0 Å². The molecule has 3 heteroatoms. The van der Waals surface area contributed by atoms with Crippen LogP contribution in [0.15, 0.2) is 12.4 Å². The summed E-state index contributed by atoms with van der Waals surface area (Å²) in [6.45, 7) is 0. The third kappa shape index (κ3) is 2.85. The maximum absolute atomic E-state index is 6.23. The fourth-order valence-electron chi connectivity index (χ4n) is 2.72. The molecule has 16 heavy (non-hydrogen) atoms. The van der Waals surface area contributed by atoms with E-state index in [2.05, 4.69) is 16.6 Å². The van der Waals surface area contributed by atoms with E-state index in [-0.39, 0.29) is 0 Å². The summed E-state index contributed by atoms with van der Waals surface area (Å²) in [7, 11) is 2.06. The third-order valence-electron chi connectivity index (χ3n) is 3.88. The van der Waals surface area contributed by atoms with Crippen molar-refractivity contribution in [1.82, 2.24) is 9.55 Å². The SMILES string of the molecule is Cn1ccnc1CCC1CCCCCC1N. The summed E-state index contributed by atoms with van der Waals surface area (Å²) in [6.07, 6.45) is 12.7. The van der Waals surface area contributed by atoms with E-state index in [0.717, 1.165) is 6.42 Å². The Morgan fingerprint density at radius 2 is 2.19 bits per heavy atom. The minimum Gasteiger partial charge on any atom is -0.338 e. The Morgan fingerprint density at radius 1 is 1.38 bits per heavy atom. The molecule has 0 amide bonds. The Bertz CT molecular complexity index is 319. The number of imidazole rings is 1. The number of aryl methyl sites for hydroxylation is 2. The van der Waals surface area contributed by atoms with Gasteiger partial charge in [0.2, 0.25) is 0 Å². The molecule has 2 atom stereocenters. The van der Waals surface area contributed by atoms with Crippen LogP contribution in [0.2, 0.25) is 0 Å². The van der Waals surface area contributed by atoms with E-state index < -0.39 is 0 Å². The number of hydrogen-bond donors (Lipinski definition) is 1. The first-order valence-corrected chi connectivity index (χ1v) is 6.49. The second-order valence-corrected chi connectivity index (χ2v) is 5.05. The van der Waals surface area contributed by atoms with Crippen molar-refractivity contribution in [2.45, 2.75) is 51.0 Å². The van der Waals surface area contributed by atoms with Gasteiger partial charge in [0.1, 0.15) is 5.82 Å². The molecule has 0 saturated heterocycles. The maximum atomic E-state index is 6.23. The molecule has 1 aromatic heterocycles. The summed E-state index contributed by atoms with van der Waals surface area (Å²) in [5.41, 5.74) is 6.23. The number of nitrogens with zero attached hydrogens (tertiary/aromatic N) is 2. The average molecular weight is 221 g/mol. The zero-order chi connectivity index (χ0) is 11.4. The maximum Gasteiger partial charge on any atom is 0.108 e. The normalized spacial score (nSPS) is 26.6. The fraction of sp³-hybridized carbons (Fsp3) is 0.769. The van der Waals surface area contributed by atoms with Gasteiger partial charge in [0.25, 0.3) is 0 Å². The van der Waals surface area contributed by atoms with Crippen molar-refractivity contribution in [3.63, 3.8) is 0 Å². The molecular formula is C13H23N3. The molecular weight excluding hydrogens is 198 g/mol. The van der Waals surface area contributed by atoms with Crippen LogP contribution in [0.1, 0.15) is 44.3 Å². The van der Waals surface area contributed by atoms with Crippen molar-refractivity contribution in [3.05, 3.63) is 18.2 Å². The molecule has 0 aromatic carbocycles. The zero-order valence-corrected chi connectivity index (χ0v) is 10.2. The van der Waals surface area contributed by atoms with E-state index in [9.17, 15) is 0 Å². The van der Waals surface area contributed by atoms with Gasteiger partial charge in [-0.3, -0.25) is 0 Å². The number of hydrogen-bond acceptors (Lipinski definition) is 2. The molecule has 0 aliphatic heterocycles. The van der Waals surface area contributed by atoms with E-state index in [1.54, 1.807) is 0 Å². The third-order valence-corrected chi connectivity index (χ3v) is 3.88. The van der Waals surface area contributed by atoms with Crippen LogP contribution in [-0.2, 0) is 13.5 Å². The molecule has 1 saturated carbocycles. The Kier molecular flexibility index (Phi) is 3.99. The van der Waals surface area contributed by atoms with Crippen LogP contribution in [0.25, 0.3) is 0 Å². The van der Waals surface area contributed by atoms with Crippen LogP contribution in [0, 0.1) is 5.92 Å². The number of nitrogens with two attached hydrogens (primary N) is 1. The monoisotopic (exact) mass is 221 g/mol. The number of aromatic nitrogens is 2.